The zero-order chi connectivity index (χ0) is 12.4. The first kappa shape index (κ1) is 11.6. The third-order valence-corrected chi connectivity index (χ3v) is 3.61. The molecule has 1 fully saturated rings. The summed E-state index contributed by atoms with van der Waals surface area (Å²) in [6.07, 6.45) is 2.68. The second-order valence-corrected chi connectivity index (χ2v) is 5.27. The van der Waals surface area contributed by atoms with Crippen LogP contribution in [0.1, 0.15) is 29.9 Å². The van der Waals surface area contributed by atoms with Gasteiger partial charge in [0.15, 0.2) is 0 Å². The van der Waals surface area contributed by atoms with Crippen molar-refractivity contribution in [3.63, 3.8) is 0 Å². The summed E-state index contributed by atoms with van der Waals surface area (Å²) in [7, 11) is 0. The standard InChI is InChI=1S/C16H16ClN/c17-14-5-3-6-15(10-14)18-11-13-4-1-2-7-16(13)12-8-9-12/h1-7,10,12,18H,8-9,11H2. The van der Waals surface area contributed by atoms with Gasteiger partial charge in [-0.2, -0.15) is 0 Å². The summed E-state index contributed by atoms with van der Waals surface area (Å²) in [5.41, 5.74) is 3.99. The van der Waals surface area contributed by atoms with E-state index in [1.54, 1.807) is 0 Å². The van der Waals surface area contributed by atoms with E-state index in [1.165, 1.54) is 24.0 Å². The maximum absolute atomic E-state index is 5.98. The molecule has 0 radical (unpaired) electrons. The first-order valence-electron chi connectivity index (χ1n) is 6.40. The van der Waals surface area contributed by atoms with Gasteiger partial charge < -0.3 is 5.32 Å². The van der Waals surface area contributed by atoms with Crippen LogP contribution in [0.25, 0.3) is 0 Å². The summed E-state index contributed by atoms with van der Waals surface area (Å²) in [5.74, 6) is 0.794. The maximum atomic E-state index is 5.98. The number of nitrogens with one attached hydrogen (secondary N) is 1. The third kappa shape index (κ3) is 2.68. The Bertz CT molecular complexity index is 546. The molecule has 1 saturated carbocycles. The number of benzene rings is 2. The maximum Gasteiger partial charge on any atom is 0.0426 e. The fourth-order valence-electron chi connectivity index (χ4n) is 2.28. The van der Waals surface area contributed by atoms with Gasteiger partial charge in [-0.05, 0) is 48.1 Å². The number of halogens is 1. The van der Waals surface area contributed by atoms with E-state index in [1.807, 2.05) is 24.3 Å². The number of rotatable bonds is 4. The lowest BCUT2D eigenvalue weighted by atomic mass is 10.0. The molecular weight excluding hydrogens is 242 g/mol. The van der Waals surface area contributed by atoms with Crippen molar-refractivity contribution in [2.75, 3.05) is 5.32 Å². The van der Waals surface area contributed by atoms with Crippen molar-refractivity contribution in [2.45, 2.75) is 25.3 Å². The zero-order valence-corrected chi connectivity index (χ0v) is 11.0. The molecule has 1 aliphatic carbocycles. The highest BCUT2D eigenvalue weighted by Crippen LogP contribution is 2.41. The predicted molar refractivity (Wildman–Crippen MR) is 77.2 cm³/mol. The average Bonchev–Trinajstić information content (AvgIpc) is 3.21. The summed E-state index contributed by atoms with van der Waals surface area (Å²) in [5, 5.41) is 4.21. The van der Waals surface area contributed by atoms with Gasteiger partial charge in [0.1, 0.15) is 0 Å². The predicted octanol–water partition coefficient (Wildman–Crippen LogP) is 4.83. The van der Waals surface area contributed by atoms with Crippen LogP contribution in [0.5, 0.6) is 0 Å². The normalized spacial score (nSPS) is 14.5. The first-order chi connectivity index (χ1) is 8.83. The second kappa shape index (κ2) is 5.03. The van der Waals surface area contributed by atoms with Crippen molar-refractivity contribution in [2.24, 2.45) is 0 Å². The third-order valence-electron chi connectivity index (χ3n) is 3.38. The van der Waals surface area contributed by atoms with Gasteiger partial charge in [0.25, 0.3) is 0 Å². The van der Waals surface area contributed by atoms with E-state index < -0.39 is 0 Å². The highest BCUT2D eigenvalue weighted by molar-refractivity contribution is 6.30. The summed E-state index contributed by atoms with van der Waals surface area (Å²) < 4.78 is 0. The van der Waals surface area contributed by atoms with Gasteiger partial charge in [-0.1, -0.05) is 41.9 Å². The van der Waals surface area contributed by atoms with Crippen LogP contribution < -0.4 is 5.32 Å². The van der Waals surface area contributed by atoms with Gasteiger partial charge >= 0.3 is 0 Å². The van der Waals surface area contributed by atoms with Crippen LogP contribution in [0.3, 0.4) is 0 Å². The lowest BCUT2D eigenvalue weighted by Gasteiger charge is -2.11. The second-order valence-electron chi connectivity index (χ2n) is 4.84. The van der Waals surface area contributed by atoms with Gasteiger partial charge in [-0.3, -0.25) is 0 Å². The fraction of sp³-hybridized carbons (Fsp3) is 0.250. The monoisotopic (exact) mass is 257 g/mol. The molecule has 1 nitrogen and oxygen atoms in total. The van der Waals surface area contributed by atoms with E-state index in [9.17, 15) is 0 Å². The van der Waals surface area contributed by atoms with Crippen molar-refractivity contribution in [1.82, 2.24) is 0 Å². The van der Waals surface area contributed by atoms with Gasteiger partial charge in [0, 0.05) is 17.3 Å². The van der Waals surface area contributed by atoms with E-state index in [2.05, 4.69) is 29.6 Å². The van der Waals surface area contributed by atoms with Crippen molar-refractivity contribution in [1.29, 1.82) is 0 Å². The van der Waals surface area contributed by atoms with E-state index in [0.29, 0.717) is 0 Å². The van der Waals surface area contributed by atoms with Crippen LogP contribution in [0.15, 0.2) is 48.5 Å². The molecule has 0 unspecified atom stereocenters. The fourth-order valence-corrected chi connectivity index (χ4v) is 2.47. The molecule has 1 aliphatic rings. The Morgan fingerprint density at radius 1 is 1.06 bits per heavy atom. The number of hydrogen-bond donors (Lipinski definition) is 1. The molecule has 0 heterocycles. The Kier molecular flexibility index (Phi) is 3.24. The molecule has 92 valence electrons. The molecule has 0 amide bonds. The van der Waals surface area contributed by atoms with Gasteiger partial charge in [-0.15, -0.1) is 0 Å². The Labute approximate surface area is 113 Å². The molecule has 0 atom stereocenters. The van der Waals surface area contributed by atoms with E-state index in [0.717, 1.165) is 23.2 Å². The summed E-state index contributed by atoms with van der Waals surface area (Å²) in [6.45, 7) is 0.868. The molecule has 1 N–H and O–H groups in total. The molecule has 2 aromatic carbocycles. The average molecular weight is 258 g/mol. The molecule has 3 rings (SSSR count). The van der Waals surface area contributed by atoms with Gasteiger partial charge in [0.05, 0.1) is 0 Å². The molecule has 18 heavy (non-hydrogen) atoms. The first-order valence-corrected chi connectivity index (χ1v) is 6.78. The summed E-state index contributed by atoms with van der Waals surface area (Å²) in [6, 6.07) is 16.6. The highest BCUT2D eigenvalue weighted by Gasteiger charge is 2.25. The molecule has 0 aliphatic heterocycles. The Morgan fingerprint density at radius 2 is 1.89 bits per heavy atom. The Morgan fingerprint density at radius 3 is 2.67 bits per heavy atom. The van der Waals surface area contributed by atoms with Crippen molar-refractivity contribution >= 4 is 17.3 Å². The molecule has 2 heteroatoms. The SMILES string of the molecule is Clc1cccc(NCc2ccccc2C2CC2)c1. The summed E-state index contributed by atoms with van der Waals surface area (Å²) >= 11 is 5.98. The minimum absolute atomic E-state index is 0.774. The van der Waals surface area contributed by atoms with Crippen LogP contribution in [-0.2, 0) is 6.54 Å². The minimum Gasteiger partial charge on any atom is -0.381 e. The number of hydrogen-bond acceptors (Lipinski definition) is 1. The van der Waals surface area contributed by atoms with E-state index in [-0.39, 0.29) is 0 Å². The van der Waals surface area contributed by atoms with Crippen LogP contribution in [0, 0.1) is 0 Å². The van der Waals surface area contributed by atoms with E-state index in [4.69, 9.17) is 11.6 Å². The molecule has 0 bridgehead atoms. The van der Waals surface area contributed by atoms with Crippen LogP contribution in [0.2, 0.25) is 5.02 Å². The lowest BCUT2D eigenvalue weighted by Crippen LogP contribution is -2.02. The largest absolute Gasteiger partial charge is 0.381 e. The molecule has 0 saturated heterocycles. The van der Waals surface area contributed by atoms with Gasteiger partial charge in [-0.25, -0.2) is 0 Å². The van der Waals surface area contributed by atoms with Crippen molar-refractivity contribution in [3.05, 3.63) is 64.7 Å². The van der Waals surface area contributed by atoms with Crippen LogP contribution in [0.4, 0.5) is 5.69 Å². The van der Waals surface area contributed by atoms with Gasteiger partial charge in [0.2, 0.25) is 0 Å². The molecular formula is C16H16ClN. The lowest BCUT2D eigenvalue weighted by molar-refractivity contribution is 1.04. The summed E-state index contributed by atoms with van der Waals surface area (Å²) in [4.78, 5) is 0. The number of anilines is 1. The zero-order valence-electron chi connectivity index (χ0n) is 10.2. The van der Waals surface area contributed by atoms with Crippen molar-refractivity contribution in [3.8, 4) is 0 Å². The smallest absolute Gasteiger partial charge is 0.0426 e. The highest BCUT2D eigenvalue weighted by atomic mass is 35.5. The topological polar surface area (TPSA) is 12.0 Å². The molecule has 2 aromatic rings. The molecule has 0 spiro atoms. The van der Waals surface area contributed by atoms with Crippen LogP contribution in [-0.4, -0.2) is 0 Å². The van der Waals surface area contributed by atoms with Crippen molar-refractivity contribution < 1.29 is 0 Å². The van der Waals surface area contributed by atoms with Crippen LogP contribution >= 0.6 is 11.6 Å². The molecule has 0 aromatic heterocycles. The van der Waals surface area contributed by atoms with E-state index >= 15 is 0 Å². The quantitative estimate of drug-likeness (QED) is 0.827. The Balaban J connectivity index is 1.73. The Hall–Kier alpha value is -1.47. The minimum atomic E-state index is 0.774.